The second-order valence-electron chi connectivity index (χ2n) is 3.32. The lowest BCUT2D eigenvalue weighted by Gasteiger charge is -2.14. The number of hydrogen-bond acceptors (Lipinski definition) is 6. The molecule has 0 amide bonds. The smallest absolute Gasteiger partial charge is 0.335 e. The van der Waals surface area contributed by atoms with E-state index in [1.807, 2.05) is 18.2 Å². The van der Waals surface area contributed by atoms with Gasteiger partial charge in [-0.15, -0.1) is 0 Å². The summed E-state index contributed by atoms with van der Waals surface area (Å²) in [6.45, 7) is 0. The fourth-order valence-electron chi connectivity index (χ4n) is 1.51. The maximum absolute atomic E-state index is 11.8. The van der Waals surface area contributed by atoms with Crippen LogP contribution in [0.15, 0.2) is 30.3 Å². The van der Waals surface area contributed by atoms with Gasteiger partial charge >= 0.3 is 5.97 Å². The van der Waals surface area contributed by atoms with E-state index in [-0.39, 0.29) is 5.95 Å². The molecule has 1 aromatic carbocycles. The third-order valence-electron chi connectivity index (χ3n) is 2.30. The molecule has 2 rings (SSSR count). The number of tetrazole rings is 1. The molecule has 1 heterocycles. The molecule has 1 atom stereocenters. The predicted molar refractivity (Wildman–Crippen MR) is 58.8 cm³/mol. The van der Waals surface area contributed by atoms with Gasteiger partial charge in [0, 0.05) is 0 Å². The maximum Gasteiger partial charge on any atom is 0.335 e. The second kappa shape index (κ2) is 4.60. The second-order valence-corrected chi connectivity index (χ2v) is 3.32. The summed E-state index contributed by atoms with van der Waals surface area (Å²) >= 11 is 0. The van der Waals surface area contributed by atoms with Crippen LogP contribution in [0, 0.1) is 0 Å². The normalized spacial score (nSPS) is 12.1. The van der Waals surface area contributed by atoms with Crippen molar-refractivity contribution in [2.75, 3.05) is 12.8 Å². The summed E-state index contributed by atoms with van der Waals surface area (Å²) in [7, 11) is 1.30. The number of aromatic nitrogens is 4. The Labute approximate surface area is 97.2 Å². The van der Waals surface area contributed by atoms with Gasteiger partial charge in [0.2, 0.25) is 5.95 Å². The SMILES string of the molecule is COC(=O)C(c1ccccc1)n1nnnc1N. The first-order valence-electron chi connectivity index (χ1n) is 4.90. The van der Waals surface area contributed by atoms with Crippen molar-refractivity contribution in [1.29, 1.82) is 0 Å². The Hall–Kier alpha value is -2.44. The summed E-state index contributed by atoms with van der Waals surface area (Å²) in [6, 6.07) is 8.26. The van der Waals surface area contributed by atoms with Gasteiger partial charge in [0.1, 0.15) is 0 Å². The van der Waals surface area contributed by atoms with Crippen molar-refractivity contribution < 1.29 is 9.53 Å². The van der Waals surface area contributed by atoms with Crippen LogP contribution in [0.2, 0.25) is 0 Å². The van der Waals surface area contributed by atoms with E-state index >= 15 is 0 Å². The zero-order valence-corrected chi connectivity index (χ0v) is 9.15. The van der Waals surface area contributed by atoms with Crippen molar-refractivity contribution in [2.24, 2.45) is 0 Å². The molecule has 0 fully saturated rings. The Morgan fingerprint density at radius 3 is 2.65 bits per heavy atom. The average Bonchev–Trinajstić information content (AvgIpc) is 2.77. The van der Waals surface area contributed by atoms with E-state index in [1.165, 1.54) is 11.8 Å². The van der Waals surface area contributed by atoms with Gasteiger partial charge in [0.05, 0.1) is 7.11 Å². The molecular formula is C10H11N5O2. The van der Waals surface area contributed by atoms with E-state index in [2.05, 4.69) is 15.5 Å². The minimum absolute atomic E-state index is 0.0595. The fraction of sp³-hybridized carbons (Fsp3) is 0.200. The van der Waals surface area contributed by atoms with Gasteiger partial charge in [-0.05, 0) is 16.0 Å². The van der Waals surface area contributed by atoms with Gasteiger partial charge in [0.15, 0.2) is 6.04 Å². The number of carbonyl (C=O) groups is 1. The first-order valence-corrected chi connectivity index (χ1v) is 4.90. The van der Waals surface area contributed by atoms with E-state index in [4.69, 9.17) is 10.5 Å². The first-order chi connectivity index (χ1) is 8.24. The van der Waals surface area contributed by atoms with Crippen LogP contribution < -0.4 is 5.73 Å². The minimum Gasteiger partial charge on any atom is -0.467 e. The molecule has 88 valence electrons. The van der Waals surface area contributed by atoms with Crippen LogP contribution in [0.5, 0.6) is 0 Å². The Morgan fingerprint density at radius 2 is 2.12 bits per heavy atom. The molecule has 1 aromatic heterocycles. The average molecular weight is 233 g/mol. The molecule has 0 saturated heterocycles. The number of ether oxygens (including phenoxy) is 1. The summed E-state index contributed by atoms with van der Waals surface area (Å²) in [5.41, 5.74) is 6.30. The summed E-state index contributed by atoms with van der Waals surface area (Å²) in [5, 5.41) is 10.7. The predicted octanol–water partition coefficient (Wildman–Crippen LogP) is 0.0177. The van der Waals surface area contributed by atoms with Gasteiger partial charge in [-0.2, -0.15) is 4.68 Å². The zero-order chi connectivity index (χ0) is 12.3. The van der Waals surface area contributed by atoms with E-state index in [0.29, 0.717) is 5.56 Å². The molecule has 0 saturated carbocycles. The molecule has 0 bridgehead atoms. The number of carbonyl (C=O) groups excluding carboxylic acids is 1. The fourth-order valence-corrected chi connectivity index (χ4v) is 1.51. The minimum atomic E-state index is -0.767. The summed E-state index contributed by atoms with van der Waals surface area (Å²) < 4.78 is 5.96. The van der Waals surface area contributed by atoms with Crippen LogP contribution in [0.3, 0.4) is 0 Å². The van der Waals surface area contributed by atoms with Crippen molar-refractivity contribution in [2.45, 2.75) is 6.04 Å². The van der Waals surface area contributed by atoms with Crippen LogP contribution in [0.4, 0.5) is 5.95 Å². The zero-order valence-electron chi connectivity index (χ0n) is 9.15. The molecule has 7 nitrogen and oxygen atoms in total. The topological polar surface area (TPSA) is 95.9 Å². The highest BCUT2D eigenvalue weighted by Crippen LogP contribution is 2.20. The summed E-state index contributed by atoms with van der Waals surface area (Å²) in [5.74, 6) is -0.417. The highest BCUT2D eigenvalue weighted by atomic mass is 16.5. The molecule has 0 spiro atoms. The van der Waals surface area contributed by atoms with Crippen LogP contribution in [-0.2, 0) is 9.53 Å². The van der Waals surface area contributed by atoms with E-state index in [0.717, 1.165) is 0 Å². The van der Waals surface area contributed by atoms with Crippen molar-refractivity contribution >= 4 is 11.9 Å². The number of rotatable bonds is 3. The Kier molecular flexibility index (Phi) is 2.99. The molecular weight excluding hydrogens is 222 g/mol. The van der Waals surface area contributed by atoms with Crippen molar-refractivity contribution in [3.8, 4) is 0 Å². The van der Waals surface area contributed by atoms with Crippen LogP contribution in [-0.4, -0.2) is 33.3 Å². The largest absolute Gasteiger partial charge is 0.467 e. The van der Waals surface area contributed by atoms with E-state index in [9.17, 15) is 4.79 Å². The molecule has 0 radical (unpaired) electrons. The maximum atomic E-state index is 11.8. The Balaban J connectivity index is 2.47. The van der Waals surface area contributed by atoms with Gasteiger partial charge < -0.3 is 10.5 Å². The lowest BCUT2D eigenvalue weighted by Crippen LogP contribution is -2.24. The molecule has 0 aliphatic carbocycles. The van der Waals surface area contributed by atoms with E-state index in [1.54, 1.807) is 12.1 Å². The van der Waals surface area contributed by atoms with Crippen molar-refractivity contribution in [3.63, 3.8) is 0 Å². The van der Waals surface area contributed by atoms with E-state index < -0.39 is 12.0 Å². The standard InChI is InChI=1S/C10H11N5O2/c1-17-9(16)8(7-5-3-2-4-6-7)15-10(11)12-13-14-15/h2-6,8H,1H3,(H2,11,12,14). The number of methoxy groups -OCH3 is 1. The van der Waals surface area contributed by atoms with Crippen LogP contribution >= 0.6 is 0 Å². The van der Waals surface area contributed by atoms with Gasteiger partial charge in [-0.1, -0.05) is 35.4 Å². The molecule has 17 heavy (non-hydrogen) atoms. The first kappa shape index (κ1) is 11.1. The monoisotopic (exact) mass is 233 g/mol. The number of nitrogens with two attached hydrogens (primary N) is 1. The van der Waals surface area contributed by atoms with Crippen molar-refractivity contribution in [1.82, 2.24) is 20.2 Å². The summed E-state index contributed by atoms with van der Waals surface area (Å²) in [4.78, 5) is 11.8. The molecule has 0 aliphatic rings. The molecule has 0 aliphatic heterocycles. The Bertz CT molecular complexity index is 510. The third-order valence-corrected chi connectivity index (χ3v) is 2.30. The Morgan fingerprint density at radius 1 is 1.41 bits per heavy atom. The molecule has 1 unspecified atom stereocenters. The third kappa shape index (κ3) is 2.07. The molecule has 2 N–H and O–H groups in total. The van der Waals surface area contributed by atoms with Crippen LogP contribution in [0.25, 0.3) is 0 Å². The lowest BCUT2D eigenvalue weighted by atomic mass is 10.1. The summed E-state index contributed by atoms with van der Waals surface area (Å²) in [6.07, 6.45) is 0. The van der Waals surface area contributed by atoms with Gasteiger partial charge in [-0.3, -0.25) is 0 Å². The van der Waals surface area contributed by atoms with Gasteiger partial charge in [0.25, 0.3) is 0 Å². The number of hydrogen-bond donors (Lipinski definition) is 1. The number of benzene rings is 1. The highest BCUT2D eigenvalue weighted by Gasteiger charge is 2.26. The number of nitrogens with zero attached hydrogens (tertiary/aromatic N) is 4. The quantitative estimate of drug-likeness (QED) is 0.750. The molecule has 2 aromatic rings. The van der Waals surface area contributed by atoms with Gasteiger partial charge in [-0.25, -0.2) is 4.79 Å². The number of nitrogen functional groups attached to an aromatic ring is 1. The lowest BCUT2D eigenvalue weighted by molar-refractivity contribution is -0.143. The van der Waals surface area contributed by atoms with Crippen molar-refractivity contribution in [3.05, 3.63) is 35.9 Å². The number of anilines is 1. The number of esters is 1. The highest BCUT2D eigenvalue weighted by molar-refractivity contribution is 5.78. The van der Waals surface area contributed by atoms with Crippen LogP contribution in [0.1, 0.15) is 11.6 Å². The molecule has 7 heteroatoms.